The molecule has 3 rings (SSSR count). The molecule has 3 saturated heterocycles. The highest BCUT2D eigenvalue weighted by atomic mass is 15.2. The molecule has 0 aromatic heterocycles. The number of hydrogen-bond donors (Lipinski definition) is 1. The Morgan fingerprint density at radius 3 is 2.67 bits per heavy atom. The van der Waals surface area contributed by atoms with Crippen LogP contribution in [0.5, 0.6) is 0 Å². The van der Waals surface area contributed by atoms with Gasteiger partial charge in [-0.1, -0.05) is 6.42 Å². The Labute approximate surface area is 112 Å². The smallest absolute Gasteiger partial charge is 0.0111 e. The van der Waals surface area contributed by atoms with Crippen LogP contribution in [0, 0.1) is 0 Å². The first-order valence-electron chi connectivity index (χ1n) is 8.11. The van der Waals surface area contributed by atoms with Crippen LogP contribution in [0.3, 0.4) is 0 Å². The highest BCUT2D eigenvalue weighted by molar-refractivity contribution is 4.89. The predicted molar refractivity (Wildman–Crippen MR) is 75.9 cm³/mol. The molecule has 1 N–H and O–H groups in total. The van der Waals surface area contributed by atoms with E-state index in [4.69, 9.17) is 0 Å². The average molecular weight is 251 g/mol. The van der Waals surface area contributed by atoms with Gasteiger partial charge in [-0.2, -0.15) is 0 Å². The summed E-state index contributed by atoms with van der Waals surface area (Å²) in [5, 5.41) is 3.81. The number of piperidine rings is 2. The molecular formula is C15H29N3. The first-order chi connectivity index (χ1) is 8.92. The van der Waals surface area contributed by atoms with Crippen molar-refractivity contribution in [2.75, 3.05) is 39.3 Å². The monoisotopic (exact) mass is 251 g/mol. The summed E-state index contributed by atoms with van der Waals surface area (Å²) >= 11 is 0. The van der Waals surface area contributed by atoms with Crippen molar-refractivity contribution < 1.29 is 0 Å². The molecule has 2 unspecified atom stereocenters. The Balaban J connectivity index is 1.33. The van der Waals surface area contributed by atoms with E-state index < -0.39 is 0 Å². The maximum absolute atomic E-state index is 3.81. The summed E-state index contributed by atoms with van der Waals surface area (Å²) < 4.78 is 0. The lowest BCUT2D eigenvalue weighted by Crippen LogP contribution is -2.47. The van der Waals surface area contributed by atoms with E-state index in [1.807, 2.05) is 0 Å². The van der Waals surface area contributed by atoms with Gasteiger partial charge in [-0.15, -0.1) is 0 Å². The van der Waals surface area contributed by atoms with Crippen LogP contribution in [0.15, 0.2) is 0 Å². The number of hydrogen-bond acceptors (Lipinski definition) is 3. The molecule has 3 aliphatic rings. The van der Waals surface area contributed by atoms with Crippen molar-refractivity contribution in [1.82, 2.24) is 15.1 Å². The minimum Gasteiger partial charge on any atom is -0.313 e. The van der Waals surface area contributed by atoms with Gasteiger partial charge in [0.05, 0.1) is 0 Å². The molecular weight excluding hydrogens is 222 g/mol. The third-order valence-corrected chi connectivity index (χ3v) is 5.13. The second-order valence-corrected chi connectivity index (χ2v) is 6.41. The molecule has 104 valence electrons. The van der Waals surface area contributed by atoms with Crippen LogP contribution in [-0.4, -0.2) is 61.2 Å². The van der Waals surface area contributed by atoms with E-state index >= 15 is 0 Å². The van der Waals surface area contributed by atoms with Gasteiger partial charge in [0, 0.05) is 25.2 Å². The van der Waals surface area contributed by atoms with Crippen LogP contribution in [-0.2, 0) is 0 Å². The van der Waals surface area contributed by atoms with Crippen molar-refractivity contribution in [3.63, 3.8) is 0 Å². The molecule has 0 saturated carbocycles. The van der Waals surface area contributed by atoms with Gasteiger partial charge in [-0.05, 0) is 64.7 Å². The van der Waals surface area contributed by atoms with Crippen molar-refractivity contribution in [3.05, 3.63) is 0 Å². The van der Waals surface area contributed by atoms with Crippen LogP contribution in [0.2, 0.25) is 0 Å². The van der Waals surface area contributed by atoms with E-state index in [0.29, 0.717) is 0 Å². The SMILES string of the molecule is C1CCN(CCNC2CCN3CCCC3C2)CC1. The first-order valence-corrected chi connectivity index (χ1v) is 8.11. The second kappa shape index (κ2) is 6.36. The number of likely N-dealkylation sites (tertiary alicyclic amines) is 1. The third-order valence-electron chi connectivity index (χ3n) is 5.13. The lowest BCUT2D eigenvalue weighted by molar-refractivity contribution is 0.161. The molecule has 18 heavy (non-hydrogen) atoms. The van der Waals surface area contributed by atoms with E-state index in [2.05, 4.69) is 15.1 Å². The fraction of sp³-hybridized carbons (Fsp3) is 1.00. The number of nitrogens with zero attached hydrogens (tertiary/aromatic N) is 2. The van der Waals surface area contributed by atoms with Crippen molar-refractivity contribution in [3.8, 4) is 0 Å². The van der Waals surface area contributed by atoms with Gasteiger partial charge in [-0.3, -0.25) is 0 Å². The zero-order valence-corrected chi connectivity index (χ0v) is 11.7. The van der Waals surface area contributed by atoms with E-state index in [0.717, 1.165) is 12.1 Å². The zero-order chi connectivity index (χ0) is 12.2. The van der Waals surface area contributed by atoms with E-state index in [9.17, 15) is 0 Å². The molecule has 3 aliphatic heterocycles. The van der Waals surface area contributed by atoms with Crippen molar-refractivity contribution in [2.24, 2.45) is 0 Å². The molecule has 2 atom stereocenters. The van der Waals surface area contributed by atoms with Crippen molar-refractivity contribution in [1.29, 1.82) is 0 Å². The van der Waals surface area contributed by atoms with Gasteiger partial charge >= 0.3 is 0 Å². The van der Waals surface area contributed by atoms with Crippen LogP contribution < -0.4 is 5.32 Å². The minimum atomic E-state index is 0.800. The summed E-state index contributed by atoms with van der Waals surface area (Å²) in [5.74, 6) is 0. The standard InChI is InChI=1S/C15H29N3/c1-2-8-17(9-3-1)12-7-16-14-6-11-18-10-4-5-15(18)13-14/h14-16H,1-13H2. The molecule has 0 aromatic carbocycles. The number of nitrogens with one attached hydrogen (secondary N) is 1. The van der Waals surface area contributed by atoms with Gasteiger partial charge in [0.15, 0.2) is 0 Å². The molecule has 0 amide bonds. The van der Waals surface area contributed by atoms with Crippen molar-refractivity contribution >= 4 is 0 Å². The molecule has 0 aliphatic carbocycles. The highest BCUT2D eigenvalue weighted by Crippen LogP contribution is 2.26. The van der Waals surface area contributed by atoms with Gasteiger partial charge < -0.3 is 15.1 Å². The summed E-state index contributed by atoms with van der Waals surface area (Å²) in [5.41, 5.74) is 0. The molecule has 3 heteroatoms. The van der Waals surface area contributed by atoms with Gasteiger partial charge in [0.25, 0.3) is 0 Å². The lowest BCUT2D eigenvalue weighted by atomic mass is 9.97. The quantitative estimate of drug-likeness (QED) is 0.820. The van der Waals surface area contributed by atoms with Gasteiger partial charge in [0.2, 0.25) is 0 Å². The fourth-order valence-corrected chi connectivity index (χ4v) is 4.02. The van der Waals surface area contributed by atoms with Crippen LogP contribution >= 0.6 is 0 Å². The minimum absolute atomic E-state index is 0.800. The average Bonchev–Trinajstić information content (AvgIpc) is 2.87. The first kappa shape index (κ1) is 12.9. The summed E-state index contributed by atoms with van der Waals surface area (Å²) in [6.07, 6.45) is 9.94. The largest absolute Gasteiger partial charge is 0.313 e. The Hall–Kier alpha value is -0.120. The Kier molecular flexibility index (Phi) is 4.55. The predicted octanol–water partition coefficient (Wildman–Crippen LogP) is 1.69. The summed E-state index contributed by atoms with van der Waals surface area (Å²) in [6.45, 7) is 7.85. The zero-order valence-electron chi connectivity index (χ0n) is 11.7. The molecule has 0 spiro atoms. The van der Waals surface area contributed by atoms with E-state index in [1.165, 1.54) is 84.2 Å². The normalized spacial score (nSPS) is 34.7. The second-order valence-electron chi connectivity index (χ2n) is 6.41. The maximum atomic E-state index is 3.81. The molecule has 3 nitrogen and oxygen atoms in total. The Morgan fingerprint density at radius 2 is 1.78 bits per heavy atom. The van der Waals surface area contributed by atoms with E-state index in [-0.39, 0.29) is 0 Å². The fourth-order valence-electron chi connectivity index (χ4n) is 4.02. The Morgan fingerprint density at radius 1 is 0.889 bits per heavy atom. The molecule has 0 aromatic rings. The summed E-state index contributed by atoms with van der Waals surface area (Å²) in [6, 6.07) is 1.71. The molecule has 0 bridgehead atoms. The highest BCUT2D eigenvalue weighted by Gasteiger charge is 2.31. The van der Waals surface area contributed by atoms with Gasteiger partial charge in [-0.25, -0.2) is 0 Å². The van der Waals surface area contributed by atoms with Crippen molar-refractivity contribution in [2.45, 2.75) is 57.0 Å². The summed E-state index contributed by atoms with van der Waals surface area (Å²) in [7, 11) is 0. The molecule has 0 radical (unpaired) electrons. The molecule has 3 heterocycles. The third kappa shape index (κ3) is 3.25. The number of rotatable bonds is 4. The maximum Gasteiger partial charge on any atom is 0.0111 e. The topological polar surface area (TPSA) is 18.5 Å². The molecule has 3 fully saturated rings. The van der Waals surface area contributed by atoms with Crippen LogP contribution in [0.4, 0.5) is 0 Å². The van der Waals surface area contributed by atoms with Crippen LogP contribution in [0.25, 0.3) is 0 Å². The number of fused-ring (bicyclic) bond motifs is 1. The lowest BCUT2D eigenvalue weighted by Gasteiger charge is -2.36. The van der Waals surface area contributed by atoms with Crippen LogP contribution in [0.1, 0.15) is 44.9 Å². The Bertz CT molecular complexity index is 250. The van der Waals surface area contributed by atoms with Gasteiger partial charge in [0.1, 0.15) is 0 Å². The van der Waals surface area contributed by atoms with E-state index in [1.54, 1.807) is 0 Å². The summed E-state index contributed by atoms with van der Waals surface area (Å²) in [4.78, 5) is 5.35.